The SMILES string of the molecule is Cc1nc(COc2ccccc2C(=O)N2CCN(Cc3nc4ccccc4s3)CC2)no1. The summed E-state index contributed by atoms with van der Waals surface area (Å²) in [4.78, 5) is 26.3. The summed E-state index contributed by atoms with van der Waals surface area (Å²) in [5.41, 5.74) is 1.60. The Labute approximate surface area is 189 Å². The number of carbonyl (C=O) groups excluding carboxylic acids is 1. The summed E-state index contributed by atoms with van der Waals surface area (Å²) in [5, 5.41) is 4.95. The van der Waals surface area contributed by atoms with Gasteiger partial charge >= 0.3 is 0 Å². The number of piperazine rings is 1. The van der Waals surface area contributed by atoms with Crippen LogP contribution in [0.1, 0.15) is 27.1 Å². The van der Waals surface area contributed by atoms with Crippen LogP contribution in [0.15, 0.2) is 53.1 Å². The maximum absolute atomic E-state index is 13.2. The molecular weight excluding hydrogens is 426 g/mol. The number of fused-ring (bicyclic) bond motifs is 1. The lowest BCUT2D eigenvalue weighted by molar-refractivity contribution is 0.0624. The fourth-order valence-electron chi connectivity index (χ4n) is 3.77. The number of amides is 1. The minimum Gasteiger partial charge on any atom is -0.485 e. The summed E-state index contributed by atoms with van der Waals surface area (Å²) in [7, 11) is 0. The molecule has 8 nitrogen and oxygen atoms in total. The monoisotopic (exact) mass is 449 g/mol. The number of rotatable bonds is 6. The number of aryl methyl sites for hydroxylation is 1. The normalized spacial score (nSPS) is 14.7. The van der Waals surface area contributed by atoms with Gasteiger partial charge in [0.15, 0.2) is 6.61 Å². The van der Waals surface area contributed by atoms with E-state index in [4.69, 9.17) is 14.2 Å². The molecule has 3 heterocycles. The van der Waals surface area contributed by atoms with Crippen LogP contribution < -0.4 is 4.74 Å². The van der Waals surface area contributed by atoms with Gasteiger partial charge in [0.1, 0.15) is 10.8 Å². The predicted octanol–water partition coefficient (Wildman–Crippen LogP) is 3.52. The van der Waals surface area contributed by atoms with Crippen LogP contribution in [0, 0.1) is 6.92 Å². The van der Waals surface area contributed by atoms with E-state index in [1.807, 2.05) is 35.2 Å². The topological polar surface area (TPSA) is 84.6 Å². The number of carbonyl (C=O) groups is 1. The first-order valence-corrected chi connectivity index (χ1v) is 11.3. The van der Waals surface area contributed by atoms with Gasteiger partial charge in [-0.3, -0.25) is 9.69 Å². The number of benzene rings is 2. The minimum absolute atomic E-state index is 0.0236. The molecule has 1 fully saturated rings. The molecule has 9 heteroatoms. The van der Waals surface area contributed by atoms with Crippen molar-refractivity contribution in [3.8, 4) is 5.75 Å². The lowest BCUT2D eigenvalue weighted by Crippen LogP contribution is -2.48. The van der Waals surface area contributed by atoms with Gasteiger partial charge in [0, 0.05) is 33.1 Å². The first-order valence-electron chi connectivity index (χ1n) is 10.5. The molecule has 1 aliphatic rings. The van der Waals surface area contributed by atoms with E-state index >= 15 is 0 Å². The van der Waals surface area contributed by atoms with E-state index in [9.17, 15) is 4.79 Å². The minimum atomic E-state index is -0.0236. The van der Waals surface area contributed by atoms with Crippen LogP contribution in [0.25, 0.3) is 10.2 Å². The van der Waals surface area contributed by atoms with Gasteiger partial charge in [-0.15, -0.1) is 11.3 Å². The third-order valence-electron chi connectivity index (χ3n) is 5.40. The first kappa shape index (κ1) is 20.6. The van der Waals surface area contributed by atoms with Crippen LogP contribution in [0.5, 0.6) is 5.75 Å². The van der Waals surface area contributed by atoms with Crippen molar-refractivity contribution < 1.29 is 14.1 Å². The van der Waals surface area contributed by atoms with Gasteiger partial charge in [-0.25, -0.2) is 4.98 Å². The molecule has 2 aromatic heterocycles. The molecule has 0 N–H and O–H groups in total. The highest BCUT2D eigenvalue weighted by molar-refractivity contribution is 7.18. The molecule has 32 heavy (non-hydrogen) atoms. The number of hydrogen-bond donors (Lipinski definition) is 0. The van der Waals surface area contributed by atoms with Gasteiger partial charge in [-0.1, -0.05) is 29.4 Å². The van der Waals surface area contributed by atoms with Crippen LogP contribution in [0.4, 0.5) is 0 Å². The number of hydrogen-bond acceptors (Lipinski definition) is 8. The maximum Gasteiger partial charge on any atom is 0.257 e. The molecule has 1 aliphatic heterocycles. The van der Waals surface area contributed by atoms with E-state index in [2.05, 4.69) is 21.1 Å². The molecule has 0 spiro atoms. The Balaban J connectivity index is 1.20. The Morgan fingerprint density at radius 3 is 2.62 bits per heavy atom. The van der Waals surface area contributed by atoms with E-state index in [0.29, 0.717) is 36.1 Å². The van der Waals surface area contributed by atoms with Crippen LogP contribution in [0.3, 0.4) is 0 Å². The average molecular weight is 450 g/mol. The standard InChI is InChI=1S/C23H23N5O3S/c1-16-24-21(26-31-16)15-30-19-8-4-2-6-17(19)23(29)28-12-10-27(11-13-28)14-22-25-18-7-3-5-9-20(18)32-22/h2-9H,10-15H2,1H3. The molecule has 0 unspecified atom stereocenters. The van der Waals surface area contributed by atoms with Gasteiger partial charge in [-0.05, 0) is 24.3 Å². The van der Waals surface area contributed by atoms with Gasteiger partial charge in [0.25, 0.3) is 5.91 Å². The molecule has 4 aromatic rings. The molecule has 1 amide bonds. The second-order valence-corrected chi connectivity index (χ2v) is 8.77. The molecule has 2 aromatic carbocycles. The Hall–Kier alpha value is -3.30. The Morgan fingerprint density at radius 1 is 1.06 bits per heavy atom. The Bertz CT molecular complexity index is 1200. The van der Waals surface area contributed by atoms with E-state index in [1.165, 1.54) is 4.70 Å². The van der Waals surface area contributed by atoms with Crippen molar-refractivity contribution in [2.75, 3.05) is 26.2 Å². The van der Waals surface area contributed by atoms with E-state index in [-0.39, 0.29) is 12.5 Å². The van der Waals surface area contributed by atoms with Gasteiger partial charge in [0.05, 0.1) is 22.3 Å². The second-order valence-electron chi connectivity index (χ2n) is 7.66. The molecule has 0 atom stereocenters. The first-order chi connectivity index (χ1) is 15.7. The maximum atomic E-state index is 13.2. The Kier molecular flexibility index (Phi) is 5.83. The van der Waals surface area contributed by atoms with E-state index < -0.39 is 0 Å². The molecular formula is C23H23N5O3S. The number of thiazole rings is 1. The third kappa shape index (κ3) is 4.49. The number of aromatic nitrogens is 3. The lowest BCUT2D eigenvalue weighted by Gasteiger charge is -2.34. The quantitative estimate of drug-likeness (QED) is 0.445. The molecule has 5 rings (SSSR count). The summed E-state index contributed by atoms with van der Waals surface area (Å²) in [6.45, 7) is 5.65. The van der Waals surface area contributed by atoms with Crippen molar-refractivity contribution in [1.29, 1.82) is 0 Å². The zero-order chi connectivity index (χ0) is 21.9. The highest BCUT2D eigenvalue weighted by Gasteiger charge is 2.25. The smallest absolute Gasteiger partial charge is 0.257 e. The van der Waals surface area contributed by atoms with Crippen molar-refractivity contribution in [2.45, 2.75) is 20.1 Å². The zero-order valence-corrected chi connectivity index (χ0v) is 18.5. The van der Waals surface area contributed by atoms with E-state index in [0.717, 1.165) is 30.2 Å². The number of nitrogens with zero attached hydrogens (tertiary/aromatic N) is 5. The predicted molar refractivity (Wildman–Crippen MR) is 121 cm³/mol. The largest absolute Gasteiger partial charge is 0.485 e. The fourth-order valence-corrected chi connectivity index (χ4v) is 4.78. The summed E-state index contributed by atoms with van der Waals surface area (Å²) < 4.78 is 12.0. The molecule has 0 bridgehead atoms. The summed E-state index contributed by atoms with van der Waals surface area (Å²) >= 11 is 1.74. The molecule has 0 aliphatic carbocycles. The number of para-hydroxylation sites is 2. The lowest BCUT2D eigenvalue weighted by atomic mass is 10.1. The van der Waals surface area contributed by atoms with Crippen molar-refractivity contribution >= 4 is 27.5 Å². The van der Waals surface area contributed by atoms with Gasteiger partial charge < -0.3 is 14.2 Å². The summed E-state index contributed by atoms with van der Waals surface area (Å²) in [6.07, 6.45) is 0. The molecule has 0 saturated carbocycles. The fraction of sp³-hybridized carbons (Fsp3) is 0.304. The molecule has 164 valence electrons. The van der Waals surface area contributed by atoms with Crippen molar-refractivity contribution in [3.63, 3.8) is 0 Å². The van der Waals surface area contributed by atoms with Gasteiger partial charge in [-0.2, -0.15) is 4.98 Å². The molecule has 1 saturated heterocycles. The van der Waals surface area contributed by atoms with Crippen LogP contribution in [-0.4, -0.2) is 57.0 Å². The van der Waals surface area contributed by atoms with E-state index in [1.54, 1.807) is 30.4 Å². The van der Waals surface area contributed by atoms with Crippen molar-refractivity contribution in [2.24, 2.45) is 0 Å². The highest BCUT2D eigenvalue weighted by Crippen LogP contribution is 2.24. The zero-order valence-electron chi connectivity index (χ0n) is 17.7. The van der Waals surface area contributed by atoms with Crippen LogP contribution in [0.2, 0.25) is 0 Å². The second kappa shape index (κ2) is 9.05. The summed E-state index contributed by atoms with van der Waals surface area (Å²) in [6, 6.07) is 15.5. The number of ether oxygens (including phenoxy) is 1. The average Bonchev–Trinajstić information content (AvgIpc) is 3.43. The molecule has 0 radical (unpaired) electrons. The Morgan fingerprint density at radius 2 is 1.84 bits per heavy atom. The summed E-state index contributed by atoms with van der Waals surface area (Å²) in [5.74, 6) is 1.44. The highest BCUT2D eigenvalue weighted by atomic mass is 32.1. The van der Waals surface area contributed by atoms with Crippen molar-refractivity contribution in [3.05, 3.63) is 70.8 Å². The van der Waals surface area contributed by atoms with Crippen molar-refractivity contribution in [1.82, 2.24) is 24.9 Å². The van der Waals surface area contributed by atoms with Gasteiger partial charge in [0.2, 0.25) is 11.7 Å². The van der Waals surface area contributed by atoms with Crippen LogP contribution >= 0.6 is 11.3 Å². The third-order valence-corrected chi connectivity index (χ3v) is 6.42. The van der Waals surface area contributed by atoms with Crippen LogP contribution in [-0.2, 0) is 13.2 Å².